The summed E-state index contributed by atoms with van der Waals surface area (Å²) >= 11 is 0. The van der Waals surface area contributed by atoms with Crippen molar-refractivity contribution < 1.29 is 9.18 Å². The van der Waals surface area contributed by atoms with Gasteiger partial charge >= 0.3 is 0 Å². The highest BCUT2D eigenvalue weighted by atomic mass is 19.1. The maximum Gasteiger partial charge on any atom is 0.252 e. The van der Waals surface area contributed by atoms with Crippen LogP contribution >= 0.6 is 0 Å². The SMILES string of the molecule is Cc1cc(C)cc(C(=O)NC(c2cccc(F)c2)c2nccn2C)c1. The smallest absolute Gasteiger partial charge is 0.252 e. The number of amides is 1. The lowest BCUT2D eigenvalue weighted by Gasteiger charge is -2.19. The molecule has 1 unspecified atom stereocenters. The van der Waals surface area contributed by atoms with E-state index in [0.29, 0.717) is 17.0 Å². The van der Waals surface area contributed by atoms with Crippen LogP contribution in [0.5, 0.6) is 0 Å². The molecule has 2 aromatic carbocycles. The summed E-state index contributed by atoms with van der Waals surface area (Å²) in [6, 6.07) is 11.4. The lowest BCUT2D eigenvalue weighted by atomic mass is 10.0. The Morgan fingerprint density at radius 2 is 1.88 bits per heavy atom. The minimum absolute atomic E-state index is 0.218. The van der Waals surface area contributed by atoms with Gasteiger partial charge < -0.3 is 9.88 Å². The van der Waals surface area contributed by atoms with Crippen LogP contribution in [0.4, 0.5) is 4.39 Å². The van der Waals surface area contributed by atoms with Gasteiger partial charge in [0.25, 0.3) is 5.91 Å². The standard InChI is InChI=1S/C20H20FN3O/c1-13-9-14(2)11-16(10-13)20(25)23-18(19-22-7-8-24(19)3)15-5-4-6-17(21)12-15/h4-12,18H,1-3H3,(H,23,25). The molecule has 0 fully saturated rings. The molecular weight excluding hydrogens is 317 g/mol. The first-order chi connectivity index (χ1) is 11.9. The van der Waals surface area contributed by atoms with E-state index in [4.69, 9.17) is 0 Å². The van der Waals surface area contributed by atoms with Crippen molar-refractivity contribution in [2.45, 2.75) is 19.9 Å². The number of imidazole rings is 1. The van der Waals surface area contributed by atoms with E-state index in [1.54, 1.807) is 24.5 Å². The van der Waals surface area contributed by atoms with Crippen molar-refractivity contribution in [1.82, 2.24) is 14.9 Å². The van der Waals surface area contributed by atoms with Gasteiger partial charge in [0.15, 0.2) is 0 Å². The van der Waals surface area contributed by atoms with Crippen LogP contribution in [0.15, 0.2) is 54.9 Å². The number of hydrogen-bond donors (Lipinski definition) is 1. The largest absolute Gasteiger partial charge is 0.338 e. The highest BCUT2D eigenvalue weighted by Gasteiger charge is 2.22. The normalized spacial score (nSPS) is 12.0. The zero-order chi connectivity index (χ0) is 18.0. The predicted octanol–water partition coefficient (Wildman–Crippen LogP) is 3.70. The Labute approximate surface area is 146 Å². The van der Waals surface area contributed by atoms with Gasteiger partial charge in [-0.1, -0.05) is 29.3 Å². The number of rotatable bonds is 4. The Kier molecular flexibility index (Phi) is 4.65. The van der Waals surface area contributed by atoms with E-state index < -0.39 is 6.04 Å². The average molecular weight is 337 g/mol. The number of nitrogens with one attached hydrogen (secondary N) is 1. The molecule has 0 saturated carbocycles. The molecular formula is C20H20FN3O. The molecule has 5 heteroatoms. The quantitative estimate of drug-likeness (QED) is 0.789. The van der Waals surface area contributed by atoms with Gasteiger partial charge in [0.2, 0.25) is 0 Å². The highest BCUT2D eigenvalue weighted by molar-refractivity contribution is 5.95. The molecule has 0 aliphatic heterocycles. The van der Waals surface area contributed by atoms with Crippen LogP contribution in [0.2, 0.25) is 0 Å². The summed E-state index contributed by atoms with van der Waals surface area (Å²) in [6.07, 6.45) is 3.45. The highest BCUT2D eigenvalue weighted by Crippen LogP contribution is 2.22. The molecule has 0 aliphatic rings. The Hall–Kier alpha value is -2.95. The maximum absolute atomic E-state index is 13.7. The van der Waals surface area contributed by atoms with Gasteiger partial charge in [0.1, 0.15) is 17.7 Å². The summed E-state index contributed by atoms with van der Waals surface area (Å²) < 4.78 is 15.5. The predicted molar refractivity (Wildman–Crippen MR) is 94.8 cm³/mol. The van der Waals surface area contributed by atoms with Gasteiger partial charge in [-0.2, -0.15) is 0 Å². The van der Waals surface area contributed by atoms with Crippen LogP contribution in [-0.2, 0) is 7.05 Å². The zero-order valence-corrected chi connectivity index (χ0v) is 14.5. The van der Waals surface area contributed by atoms with Crippen molar-refractivity contribution in [3.63, 3.8) is 0 Å². The van der Waals surface area contributed by atoms with Crippen LogP contribution < -0.4 is 5.32 Å². The third kappa shape index (κ3) is 3.76. The summed E-state index contributed by atoms with van der Waals surface area (Å²) in [5.74, 6) is 0.0738. The summed E-state index contributed by atoms with van der Waals surface area (Å²) in [5, 5.41) is 2.99. The first-order valence-corrected chi connectivity index (χ1v) is 8.06. The molecule has 1 heterocycles. The van der Waals surface area contributed by atoms with Crippen LogP contribution in [0, 0.1) is 19.7 Å². The fourth-order valence-electron chi connectivity index (χ4n) is 2.96. The average Bonchev–Trinajstić information content (AvgIpc) is 2.97. The van der Waals surface area contributed by atoms with Crippen LogP contribution in [-0.4, -0.2) is 15.5 Å². The van der Waals surface area contributed by atoms with Gasteiger partial charge in [0, 0.05) is 25.0 Å². The van der Waals surface area contributed by atoms with E-state index >= 15 is 0 Å². The molecule has 0 aliphatic carbocycles. The van der Waals surface area contributed by atoms with E-state index in [1.165, 1.54) is 12.1 Å². The molecule has 3 rings (SSSR count). The molecule has 128 valence electrons. The summed E-state index contributed by atoms with van der Waals surface area (Å²) in [5.41, 5.74) is 3.26. The number of hydrogen-bond acceptors (Lipinski definition) is 2. The number of aryl methyl sites for hydroxylation is 3. The lowest BCUT2D eigenvalue weighted by Crippen LogP contribution is -2.31. The fourth-order valence-corrected chi connectivity index (χ4v) is 2.96. The van der Waals surface area contributed by atoms with E-state index in [9.17, 15) is 9.18 Å². The van der Waals surface area contributed by atoms with Gasteiger partial charge in [-0.25, -0.2) is 9.37 Å². The summed E-state index contributed by atoms with van der Waals surface area (Å²) in [7, 11) is 1.84. The molecule has 3 aromatic rings. The maximum atomic E-state index is 13.7. The number of benzene rings is 2. The molecule has 0 saturated heterocycles. The van der Waals surface area contributed by atoms with Crippen molar-refractivity contribution in [2.75, 3.05) is 0 Å². The second-order valence-corrected chi connectivity index (χ2v) is 6.23. The molecule has 0 radical (unpaired) electrons. The number of carbonyl (C=O) groups excluding carboxylic acids is 1. The van der Waals surface area contributed by atoms with E-state index in [-0.39, 0.29) is 11.7 Å². The number of halogens is 1. The van der Waals surface area contributed by atoms with Gasteiger partial charge in [0.05, 0.1) is 0 Å². The molecule has 25 heavy (non-hydrogen) atoms. The molecule has 1 amide bonds. The minimum atomic E-state index is -0.538. The summed E-state index contributed by atoms with van der Waals surface area (Å²) in [4.78, 5) is 17.1. The Bertz CT molecular complexity index is 897. The Morgan fingerprint density at radius 1 is 1.16 bits per heavy atom. The first-order valence-electron chi connectivity index (χ1n) is 8.06. The molecule has 1 aromatic heterocycles. The Morgan fingerprint density at radius 3 is 2.48 bits per heavy atom. The first kappa shape index (κ1) is 16.9. The van der Waals surface area contributed by atoms with Crippen molar-refractivity contribution >= 4 is 5.91 Å². The number of aromatic nitrogens is 2. The van der Waals surface area contributed by atoms with Crippen molar-refractivity contribution in [3.05, 3.63) is 88.8 Å². The van der Waals surface area contributed by atoms with Gasteiger partial charge in [-0.15, -0.1) is 0 Å². The molecule has 1 N–H and O–H groups in total. The van der Waals surface area contributed by atoms with Crippen molar-refractivity contribution in [3.8, 4) is 0 Å². The molecule has 1 atom stereocenters. The van der Waals surface area contributed by atoms with E-state index in [1.807, 2.05) is 43.7 Å². The van der Waals surface area contributed by atoms with Crippen molar-refractivity contribution in [2.24, 2.45) is 7.05 Å². The molecule has 0 bridgehead atoms. The van der Waals surface area contributed by atoms with Crippen LogP contribution in [0.25, 0.3) is 0 Å². The van der Waals surface area contributed by atoms with Gasteiger partial charge in [-0.05, 0) is 43.7 Å². The van der Waals surface area contributed by atoms with Crippen LogP contribution in [0.1, 0.15) is 38.9 Å². The monoisotopic (exact) mass is 337 g/mol. The molecule has 0 spiro atoms. The zero-order valence-electron chi connectivity index (χ0n) is 14.5. The van der Waals surface area contributed by atoms with Crippen LogP contribution in [0.3, 0.4) is 0 Å². The Balaban J connectivity index is 1.98. The fraction of sp³-hybridized carbons (Fsp3) is 0.200. The topological polar surface area (TPSA) is 46.9 Å². The lowest BCUT2D eigenvalue weighted by molar-refractivity contribution is 0.0941. The van der Waals surface area contributed by atoms with Gasteiger partial charge in [-0.3, -0.25) is 4.79 Å². The third-order valence-electron chi connectivity index (χ3n) is 4.06. The summed E-state index contributed by atoms with van der Waals surface area (Å²) in [6.45, 7) is 3.90. The van der Waals surface area contributed by atoms with E-state index in [2.05, 4.69) is 10.3 Å². The van der Waals surface area contributed by atoms with E-state index in [0.717, 1.165) is 11.1 Å². The minimum Gasteiger partial charge on any atom is -0.338 e. The number of carbonyl (C=O) groups is 1. The van der Waals surface area contributed by atoms with Crippen molar-refractivity contribution in [1.29, 1.82) is 0 Å². The second kappa shape index (κ2) is 6.89. The number of nitrogens with zero attached hydrogens (tertiary/aromatic N) is 2. The second-order valence-electron chi connectivity index (χ2n) is 6.23. The third-order valence-corrected chi connectivity index (χ3v) is 4.06. The molecule has 4 nitrogen and oxygen atoms in total.